The second-order valence-corrected chi connectivity index (χ2v) is 3.38. The molecule has 1 aliphatic rings. The molecule has 1 saturated carbocycles. The Hall–Kier alpha value is -1.38. The SMILES string of the molecule is CC.CCC(N)=O.[HH].c1cncc(C2CC2)c1. The van der Waals surface area contributed by atoms with Crippen molar-refractivity contribution in [1.82, 2.24) is 4.98 Å². The van der Waals surface area contributed by atoms with E-state index < -0.39 is 0 Å². The lowest BCUT2D eigenvalue weighted by molar-refractivity contribution is -0.117. The molecule has 0 radical (unpaired) electrons. The molecule has 3 nitrogen and oxygen atoms in total. The third-order valence-electron chi connectivity index (χ3n) is 2.08. The van der Waals surface area contributed by atoms with Crippen LogP contribution in [0.3, 0.4) is 0 Å². The van der Waals surface area contributed by atoms with E-state index >= 15 is 0 Å². The number of nitrogens with zero attached hydrogens (tertiary/aromatic N) is 1. The van der Waals surface area contributed by atoms with Crippen molar-refractivity contribution in [1.29, 1.82) is 0 Å². The van der Waals surface area contributed by atoms with Gasteiger partial charge in [-0.3, -0.25) is 9.78 Å². The normalized spacial score (nSPS) is 12.7. The van der Waals surface area contributed by atoms with E-state index in [1.165, 1.54) is 18.4 Å². The van der Waals surface area contributed by atoms with Crippen molar-refractivity contribution < 1.29 is 6.22 Å². The Kier molecular flexibility index (Phi) is 8.12. The second-order valence-electron chi connectivity index (χ2n) is 3.38. The van der Waals surface area contributed by atoms with Gasteiger partial charge in [0.15, 0.2) is 0 Å². The molecule has 1 heterocycles. The summed E-state index contributed by atoms with van der Waals surface area (Å²) in [6, 6.07) is 4.16. The van der Waals surface area contributed by atoms with Crippen LogP contribution in [-0.4, -0.2) is 10.9 Å². The van der Waals surface area contributed by atoms with Gasteiger partial charge in [0.25, 0.3) is 0 Å². The summed E-state index contributed by atoms with van der Waals surface area (Å²) in [4.78, 5) is 13.6. The molecule has 1 aliphatic carbocycles. The minimum atomic E-state index is -0.245. The number of amides is 1. The number of pyridine rings is 1. The van der Waals surface area contributed by atoms with E-state index in [4.69, 9.17) is 0 Å². The van der Waals surface area contributed by atoms with Crippen LogP contribution in [-0.2, 0) is 4.79 Å². The highest BCUT2D eigenvalue weighted by atomic mass is 16.1. The summed E-state index contributed by atoms with van der Waals surface area (Å²) in [6.45, 7) is 5.72. The zero-order chi connectivity index (χ0) is 12.4. The van der Waals surface area contributed by atoms with Crippen molar-refractivity contribution in [2.75, 3.05) is 0 Å². The quantitative estimate of drug-likeness (QED) is 0.839. The Labute approximate surface area is 99.6 Å². The van der Waals surface area contributed by atoms with Crippen LogP contribution < -0.4 is 5.73 Å². The molecule has 1 fully saturated rings. The number of hydrogen-bond acceptors (Lipinski definition) is 2. The average Bonchev–Trinajstić information content (AvgIpc) is 3.18. The van der Waals surface area contributed by atoms with E-state index in [-0.39, 0.29) is 7.33 Å². The van der Waals surface area contributed by atoms with Crippen LogP contribution >= 0.6 is 0 Å². The van der Waals surface area contributed by atoms with Crippen LogP contribution in [0.1, 0.15) is 52.9 Å². The Morgan fingerprint density at radius 3 is 2.44 bits per heavy atom. The van der Waals surface area contributed by atoms with Gasteiger partial charge in [-0.25, -0.2) is 0 Å². The predicted molar refractivity (Wildman–Crippen MR) is 69.2 cm³/mol. The minimum Gasteiger partial charge on any atom is -0.370 e. The van der Waals surface area contributed by atoms with Gasteiger partial charge < -0.3 is 5.73 Å². The fraction of sp³-hybridized carbons (Fsp3) is 0.538. The first-order valence-electron chi connectivity index (χ1n) is 5.92. The van der Waals surface area contributed by atoms with Crippen molar-refractivity contribution in [3.8, 4) is 0 Å². The Morgan fingerprint density at radius 2 is 2.12 bits per heavy atom. The summed E-state index contributed by atoms with van der Waals surface area (Å²) in [5.74, 6) is 0.601. The third-order valence-corrected chi connectivity index (χ3v) is 2.08. The van der Waals surface area contributed by atoms with Gasteiger partial charge in [0.2, 0.25) is 5.91 Å². The second kappa shape index (κ2) is 8.89. The molecule has 0 bridgehead atoms. The molecule has 2 N–H and O–H groups in total. The highest BCUT2D eigenvalue weighted by molar-refractivity contribution is 5.73. The summed E-state index contributed by atoms with van der Waals surface area (Å²) in [7, 11) is 0. The van der Waals surface area contributed by atoms with Crippen LogP contribution in [0.4, 0.5) is 0 Å². The lowest BCUT2D eigenvalue weighted by Gasteiger charge is -1.91. The van der Waals surface area contributed by atoms with Crippen LogP contribution in [0, 0.1) is 0 Å². The molecule has 0 aliphatic heterocycles. The van der Waals surface area contributed by atoms with Crippen LogP contribution in [0.2, 0.25) is 0 Å². The Bertz CT molecular complexity index is 287. The summed E-state index contributed by atoms with van der Waals surface area (Å²) in [5.41, 5.74) is 6.07. The molecule has 0 unspecified atom stereocenters. The molecule has 16 heavy (non-hydrogen) atoms. The Balaban J connectivity index is 0. The molecular formula is C13H24N2O. The fourth-order valence-electron chi connectivity index (χ4n) is 1.03. The molecule has 0 saturated heterocycles. The molecule has 3 heteroatoms. The number of primary amides is 1. The number of aromatic nitrogens is 1. The van der Waals surface area contributed by atoms with Gasteiger partial charge in [-0.05, 0) is 30.4 Å². The van der Waals surface area contributed by atoms with Crippen molar-refractivity contribution in [2.24, 2.45) is 5.73 Å². The topological polar surface area (TPSA) is 56.0 Å². The number of hydrogen-bond donors (Lipinski definition) is 1. The van der Waals surface area contributed by atoms with Gasteiger partial charge in [-0.15, -0.1) is 0 Å². The number of nitrogens with two attached hydrogens (primary N) is 1. The maximum atomic E-state index is 9.59. The van der Waals surface area contributed by atoms with Gasteiger partial charge in [0.1, 0.15) is 0 Å². The minimum absolute atomic E-state index is 0. The van der Waals surface area contributed by atoms with Crippen molar-refractivity contribution >= 4 is 5.91 Å². The van der Waals surface area contributed by atoms with Crippen molar-refractivity contribution in [2.45, 2.75) is 46.0 Å². The summed E-state index contributed by atoms with van der Waals surface area (Å²) in [5, 5.41) is 0. The van der Waals surface area contributed by atoms with E-state index in [0.717, 1.165) is 5.92 Å². The molecule has 0 aromatic carbocycles. The van der Waals surface area contributed by atoms with Gasteiger partial charge in [-0.2, -0.15) is 0 Å². The molecule has 92 valence electrons. The zero-order valence-corrected chi connectivity index (χ0v) is 10.4. The third kappa shape index (κ3) is 6.98. The predicted octanol–water partition coefficient (Wildman–Crippen LogP) is 3.11. The molecule has 1 amide bonds. The molecule has 1 aromatic rings. The van der Waals surface area contributed by atoms with Crippen molar-refractivity contribution in [3.05, 3.63) is 30.1 Å². The van der Waals surface area contributed by atoms with E-state index in [2.05, 4.69) is 16.8 Å². The zero-order valence-electron chi connectivity index (χ0n) is 10.4. The standard InChI is InChI=1S/C8H9N.C3H7NO.C2H6.H2/c1-2-8(6-9-5-1)7-3-4-7;1-2-3(4)5;1-2;/h1-2,5-7H,3-4H2;2H2,1H3,(H2,4,5);1-2H3;1H. The average molecular weight is 224 g/mol. The maximum Gasteiger partial charge on any atom is 0.217 e. The maximum absolute atomic E-state index is 9.59. The number of carbonyl (C=O) groups excluding carboxylic acids is 1. The van der Waals surface area contributed by atoms with Gasteiger partial charge >= 0.3 is 0 Å². The molecular weight excluding hydrogens is 200 g/mol. The lowest BCUT2D eigenvalue weighted by atomic mass is 10.2. The first-order valence-corrected chi connectivity index (χ1v) is 5.92. The monoisotopic (exact) mass is 224 g/mol. The fourth-order valence-corrected chi connectivity index (χ4v) is 1.03. The van der Waals surface area contributed by atoms with Crippen LogP contribution in [0.5, 0.6) is 0 Å². The van der Waals surface area contributed by atoms with E-state index in [9.17, 15) is 4.79 Å². The molecule has 0 spiro atoms. The number of rotatable bonds is 2. The first kappa shape index (κ1) is 14.6. The van der Waals surface area contributed by atoms with Crippen LogP contribution in [0.15, 0.2) is 24.5 Å². The largest absolute Gasteiger partial charge is 0.370 e. The van der Waals surface area contributed by atoms with E-state index in [1.54, 1.807) is 6.92 Å². The number of carbonyl (C=O) groups is 1. The Morgan fingerprint density at radius 1 is 1.56 bits per heavy atom. The lowest BCUT2D eigenvalue weighted by Crippen LogP contribution is -2.06. The molecule has 2 rings (SSSR count). The molecule has 1 aromatic heterocycles. The highest BCUT2D eigenvalue weighted by Crippen LogP contribution is 2.39. The summed E-state index contributed by atoms with van der Waals surface area (Å²) >= 11 is 0. The van der Waals surface area contributed by atoms with Gasteiger partial charge in [0, 0.05) is 20.2 Å². The van der Waals surface area contributed by atoms with Gasteiger partial charge in [0.05, 0.1) is 0 Å². The van der Waals surface area contributed by atoms with Crippen molar-refractivity contribution in [3.63, 3.8) is 0 Å². The molecule has 0 atom stereocenters. The van der Waals surface area contributed by atoms with E-state index in [0.29, 0.717) is 6.42 Å². The highest BCUT2D eigenvalue weighted by Gasteiger charge is 2.22. The van der Waals surface area contributed by atoms with E-state index in [1.807, 2.05) is 32.3 Å². The summed E-state index contributed by atoms with van der Waals surface area (Å²) in [6.07, 6.45) is 6.97. The van der Waals surface area contributed by atoms with Gasteiger partial charge in [-0.1, -0.05) is 26.8 Å². The summed E-state index contributed by atoms with van der Waals surface area (Å²) < 4.78 is 0. The van der Waals surface area contributed by atoms with Crippen LogP contribution in [0.25, 0.3) is 0 Å². The first-order chi connectivity index (χ1) is 7.74. The smallest absolute Gasteiger partial charge is 0.217 e.